The topological polar surface area (TPSA) is 86.2 Å². The second-order valence-electron chi connectivity index (χ2n) is 6.58. The summed E-state index contributed by atoms with van der Waals surface area (Å²) in [5, 5.41) is 5.13. The number of rotatable bonds is 3. The highest BCUT2D eigenvalue weighted by Crippen LogP contribution is 2.37. The van der Waals surface area contributed by atoms with Gasteiger partial charge in [-0.1, -0.05) is 12.1 Å². The molecule has 0 aliphatic rings. The molecule has 0 aliphatic carbocycles. The largest absolute Gasteiger partial charge is 0.365 e. The van der Waals surface area contributed by atoms with Gasteiger partial charge in [0.25, 0.3) is 5.91 Å². The number of nitrogens with two attached hydrogens (primary N) is 1. The number of nitrogens with zero attached hydrogens (tertiary/aromatic N) is 4. The van der Waals surface area contributed by atoms with Gasteiger partial charge in [0.05, 0.1) is 22.5 Å². The van der Waals surface area contributed by atoms with Crippen molar-refractivity contribution < 1.29 is 9.18 Å². The Hall–Kier alpha value is -3.91. The first-order valence-corrected chi connectivity index (χ1v) is 10.2. The zero-order chi connectivity index (χ0) is 21.8. The number of hydrogen-bond acceptors (Lipinski definition) is 5. The average molecular weight is 431 g/mol. The number of aromatic nitrogens is 4. The number of thiazole rings is 1. The zero-order valence-corrected chi connectivity index (χ0v) is 17.4. The van der Waals surface area contributed by atoms with Gasteiger partial charge in [-0.3, -0.25) is 9.78 Å². The molecule has 5 rings (SSSR count). The van der Waals surface area contributed by atoms with Crippen LogP contribution in [0.4, 0.5) is 4.39 Å². The molecule has 0 radical (unpaired) electrons. The Morgan fingerprint density at radius 1 is 1.03 bits per heavy atom. The molecule has 0 atom stereocenters. The van der Waals surface area contributed by atoms with E-state index in [-0.39, 0.29) is 5.82 Å². The smallest absolute Gasteiger partial charge is 0.261 e. The van der Waals surface area contributed by atoms with Gasteiger partial charge in [-0.15, -0.1) is 11.3 Å². The van der Waals surface area contributed by atoms with Crippen LogP contribution in [0.15, 0.2) is 79.3 Å². The van der Waals surface area contributed by atoms with Crippen LogP contribution in [0.3, 0.4) is 0 Å². The second kappa shape index (κ2) is 8.85. The highest BCUT2D eigenvalue weighted by Gasteiger charge is 2.22. The summed E-state index contributed by atoms with van der Waals surface area (Å²) in [5.74, 6) is -0.907. The maximum absolute atomic E-state index is 13.2. The van der Waals surface area contributed by atoms with Gasteiger partial charge < -0.3 is 5.73 Å². The van der Waals surface area contributed by atoms with Crippen LogP contribution in [0.1, 0.15) is 15.4 Å². The Labute approximate surface area is 181 Å². The Balaban J connectivity index is 0.000000334. The van der Waals surface area contributed by atoms with Gasteiger partial charge in [0.1, 0.15) is 15.7 Å². The van der Waals surface area contributed by atoms with E-state index < -0.39 is 5.91 Å². The van der Waals surface area contributed by atoms with Crippen LogP contribution < -0.4 is 5.73 Å². The summed E-state index contributed by atoms with van der Waals surface area (Å²) in [4.78, 5) is 20.6. The van der Waals surface area contributed by atoms with Crippen molar-refractivity contribution in [2.24, 2.45) is 5.73 Å². The molecule has 0 saturated carbocycles. The molecule has 6 nitrogen and oxygen atoms in total. The number of amides is 1. The summed E-state index contributed by atoms with van der Waals surface area (Å²) in [5.41, 5.74) is 9.21. The van der Waals surface area contributed by atoms with Crippen LogP contribution in [0, 0.1) is 12.7 Å². The Morgan fingerprint density at radius 3 is 2.39 bits per heavy atom. The van der Waals surface area contributed by atoms with E-state index in [9.17, 15) is 9.18 Å². The van der Waals surface area contributed by atoms with E-state index in [2.05, 4.69) is 15.1 Å². The lowest BCUT2D eigenvalue weighted by Crippen LogP contribution is -2.10. The fraction of sp³-hybridized carbons (Fsp3) is 0.0435. The number of carbonyl (C=O) groups excluding carboxylic acids is 1. The monoisotopic (exact) mass is 431 g/mol. The maximum Gasteiger partial charge on any atom is 0.261 e. The lowest BCUT2D eigenvalue weighted by atomic mass is 10.1. The summed E-state index contributed by atoms with van der Waals surface area (Å²) < 4.78 is 15.0. The molecule has 8 heteroatoms. The highest BCUT2D eigenvalue weighted by atomic mass is 32.1. The molecule has 0 fully saturated rings. The summed E-state index contributed by atoms with van der Waals surface area (Å²) >= 11 is 1.22. The number of benzene rings is 1. The van der Waals surface area contributed by atoms with Crippen molar-refractivity contribution in [1.29, 1.82) is 0 Å². The van der Waals surface area contributed by atoms with E-state index in [0.717, 1.165) is 16.8 Å². The third kappa shape index (κ3) is 4.34. The van der Waals surface area contributed by atoms with Gasteiger partial charge in [0.2, 0.25) is 0 Å². The van der Waals surface area contributed by atoms with Crippen molar-refractivity contribution in [3.63, 3.8) is 0 Å². The van der Waals surface area contributed by atoms with E-state index in [1.807, 2.05) is 49.5 Å². The quantitative estimate of drug-likeness (QED) is 0.447. The van der Waals surface area contributed by atoms with E-state index in [1.165, 1.54) is 23.5 Å². The molecule has 0 saturated heterocycles. The first-order valence-electron chi connectivity index (χ1n) is 9.40. The van der Waals surface area contributed by atoms with Crippen LogP contribution in [0.5, 0.6) is 0 Å². The zero-order valence-electron chi connectivity index (χ0n) is 16.6. The summed E-state index contributed by atoms with van der Waals surface area (Å²) in [6.07, 6.45) is 5.36. The van der Waals surface area contributed by atoms with Crippen molar-refractivity contribution in [1.82, 2.24) is 19.6 Å². The standard InChI is InChI=1S/C18H13FN4OS.C5H5N/c1-10-14(13-4-2-3-9-23(13)22-10)18-21-15(16(25-18)17(20)24)11-5-7-12(19)8-6-11;1-2-4-6-5-3-1/h2-9H,1H3,(H2,20,24);1-5H. The molecular formula is C23H18FN5OS. The fourth-order valence-corrected chi connectivity index (χ4v) is 4.14. The predicted molar refractivity (Wildman–Crippen MR) is 119 cm³/mol. The number of fused-ring (bicyclic) bond motifs is 1. The van der Waals surface area contributed by atoms with Crippen molar-refractivity contribution in [2.75, 3.05) is 0 Å². The van der Waals surface area contributed by atoms with E-state index >= 15 is 0 Å². The first-order chi connectivity index (χ1) is 15.0. The molecule has 154 valence electrons. The molecule has 31 heavy (non-hydrogen) atoms. The predicted octanol–water partition coefficient (Wildman–Crippen LogP) is 4.75. The average Bonchev–Trinajstić information content (AvgIpc) is 3.36. The minimum Gasteiger partial charge on any atom is -0.365 e. The van der Waals surface area contributed by atoms with Crippen LogP contribution >= 0.6 is 11.3 Å². The Bertz CT molecular complexity index is 1300. The molecule has 5 aromatic rings. The van der Waals surface area contributed by atoms with Gasteiger partial charge in [0, 0.05) is 24.2 Å². The molecule has 4 aromatic heterocycles. The van der Waals surface area contributed by atoms with Gasteiger partial charge in [-0.25, -0.2) is 13.9 Å². The molecular weight excluding hydrogens is 413 g/mol. The van der Waals surface area contributed by atoms with Crippen LogP contribution in [-0.4, -0.2) is 25.5 Å². The first kappa shape index (κ1) is 20.4. The molecule has 0 unspecified atom stereocenters. The van der Waals surface area contributed by atoms with Crippen molar-refractivity contribution >= 4 is 22.8 Å². The maximum atomic E-state index is 13.2. The van der Waals surface area contributed by atoms with E-state index in [1.54, 1.807) is 29.0 Å². The van der Waals surface area contributed by atoms with Crippen molar-refractivity contribution in [3.05, 3.63) is 95.6 Å². The Kier molecular flexibility index (Phi) is 5.81. The van der Waals surface area contributed by atoms with Gasteiger partial charge in [0.15, 0.2) is 0 Å². The SMILES string of the molecule is Cc1nn2ccccc2c1-c1nc(-c2ccc(F)cc2)c(C(N)=O)s1.c1ccncc1. The van der Waals surface area contributed by atoms with Crippen LogP contribution in [0.2, 0.25) is 0 Å². The Morgan fingerprint density at radius 2 is 1.77 bits per heavy atom. The second-order valence-corrected chi connectivity index (χ2v) is 7.58. The molecule has 0 aliphatic heterocycles. The minimum absolute atomic E-state index is 0.344. The lowest BCUT2D eigenvalue weighted by molar-refractivity contribution is 0.100. The van der Waals surface area contributed by atoms with Crippen molar-refractivity contribution in [3.8, 4) is 21.8 Å². The van der Waals surface area contributed by atoms with E-state index in [4.69, 9.17) is 5.73 Å². The number of primary amides is 1. The minimum atomic E-state index is -0.558. The molecule has 2 N–H and O–H groups in total. The molecule has 1 amide bonds. The summed E-state index contributed by atoms with van der Waals surface area (Å²) in [6.45, 7) is 1.89. The molecule has 4 heterocycles. The third-order valence-electron chi connectivity index (χ3n) is 4.46. The number of hydrogen-bond donors (Lipinski definition) is 1. The van der Waals surface area contributed by atoms with E-state index in [0.29, 0.717) is 21.1 Å². The lowest BCUT2D eigenvalue weighted by Gasteiger charge is -1.99. The normalized spacial score (nSPS) is 10.5. The molecule has 1 aromatic carbocycles. The summed E-state index contributed by atoms with van der Waals surface area (Å²) in [6, 6.07) is 17.3. The van der Waals surface area contributed by atoms with Crippen molar-refractivity contribution in [2.45, 2.75) is 6.92 Å². The van der Waals surface area contributed by atoms with Gasteiger partial charge in [-0.2, -0.15) is 5.10 Å². The fourth-order valence-electron chi connectivity index (χ4n) is 3.09. The third-order valence-corrected chi connectivity index (χ3v) is 5.55. The number of aryl methyl sites for hydroxylation is 1. The number of pyridine rings is 2. The van der Waals surface area contributed by atoms with Crippen LogP contribution in [-0.2, 0) is 0 Å². The summed E-state index contributed by atoms with van der Waals surface area (Å²) in [7, 11) is 0. The number of halogens is 1. The number of carbonyl (C=O) groups is 1. The van der Waals surface area contributed by atoms with Gasteiger partial charge in [-0.05, 0) is 55.5 Å². The molecule has 0 bridgehead atoms. The van der Waals surface area contributed by atoms with Gasteiger partial charge >= 0.3 is 0 Å². The highest BCUT2D eigenvalue weighted by molar-refractivity contribution is 7.17. The van der Waals surface area contributed by atoms with Crippen LogP contribution in [0.25, 0.3) is 27.3 Å². The molecule has 0 spiro atoms.